The molecule has 0 unspecified atom stereocenters. The maximum absolute atomic E-state index is 11.9. The van der Waals surface area contributed by atoms with Crippen LogP contribution in [-0.2, 0) is 7.05 Å². The summed E-state index contributed by atoms with van der Waals surface area (Å²) < 4.78 is 1.36. The van der Waals surface area contributed by atoms with Gasteiger partial charge in [-0.2, -0.15) is 0 Å². The Morgan fingerprint density at radius 1 is 1.27 bits per heavy atom. The first-order valence-corrected chi connectivity index (χ1v) is 5.67. The zero-order valence-electron chi connectivity index (χ0n) is 8.74. The van der Waals surface area contributed by atoms with Gasteiger partial charge in [0.15, 0.2) is 0 Å². The predicted molar refractivity (Wildman–Crippen MR) is 58.1 cm³/mol. The Labute approximate surface area is 93.3 Å². The highest BCUT2D eigenvalue weighted by molar-refractivity contribution is 6.28. The van der Waals surface area contributed by atoms with E-state index in [1.807, 2.05) is 0 Å². The molecule has 0 bridgehead atoms. The zero-order chi connectivity index (χ0) is 10.8. The molecule has 1 aromatic rings. The van der Waals surface area contributed by atoms with Crippen molar-refractivity contribution >= 4 is 11.6 Å². The quantitative estimate of drug-likeness (QED) is 0.736. The van der Waals surface area contributed by atoms with E-state index in [1.54, 1.807) is 7.05 Å². The van der Waals surface area contributed by atoms with Gasteiger partial charge in [-0.1, -0.05) is 19.3 Å². The van der Waals surface area contributed by atoms with Gasteiger partial charge in [0.2, 0.25) is 5.28 Å². The molecule has 4 nitrogen and oxygen atoms in total. The maximum Gasteiger partial charge on any atom is 0.276 e. The van der Waals surface area contributed by atoms with Gasteiger partial charge in [-0.05, 0) is 24.4 Å². The van der Waals surface area contributed by atoms with E-state index in [1.165, 1.54) is 23.8 Å². The molecule has 0 atom stereocenters. The lowest BCUT2D eigenvalue weighted by molar-refractivity contribution is 0.427. The summed E-state index contributed by atoms with van der Waals surface area (Å²) in [4.78, 5) is 11.9. The summed E-state index contributed by atoms with van der Waals surface area (Å²) in [5.74, 6) is 0.280. The van der Waals surface area contributed by atoms with Crippen LogP contribution in [0, 0.1) is 0 Å². The van der Waals surface area contributed by atoms with Crippen molar-refractivity contribution in [3.8, 4) is 0 Å². The fourth-order valence-electron chi connectivity index (χ4n) is 2.09. The van der Waals surface area contributed by atoms with E-state index < -0.39 is 0 Å². The van der Waals surface area contributed by atoms with Gasteiger partial charge >= 0.3 is 0 Å². The molecule has 0 amide bonds. The number of nitrogens with zero attached hydrogens (tertiary/aromatic N) is 3. The lowest BCUT2D eigenvalue weighted by Gasteiger charge is -2.20. The summed E-state index contributed by atoms with van der Waals surface area (Å²) in [5, 5.41) is 7.89. The first kappa shape index (κ1) is 10.6. The molecule has 82 valence electrons. The Hall–Kier alpha value is -0.900. The highest BCUT2D eigenvalue weighted by atomic mass is 35.5. The SMILES string of the molecule is Cn1c(Cl)nnc(C2CCCCC2)c1=O. The van der Waals surface area contributed by atoms with E-state index in [4.69, 9.17) is 11.6 Å². The average Bonchev–Trinajstić information content (AvgIpc) is 2.27. The molecule has 0 radical (unpaired) electrons. The molecule has 2 rings (SSSR count). The Kier molecular flexibility index (Phi) is 3.05. The van der Waals surface area contributed by atoms with Gasteiger partial charge in [0.1, 0.15) is 5.69 Å². The molecule has 5 heteroatoms. The lowest BCUT2D eigenvalue weighted by atomic mass is 9.87. The van der Waals surface area contributed by atoms with Gasteiger partial charge in [-0.3, -0.25) is 9.36 Å². The molecule has 1 saturated carbocycles. The van der Waals surface area contributed by atoms with Gasteiger partial charge in [0, 0.05) is 13.0 Å². The van der Waals surface area contributed by atoms with E-state index >= 15 is 0 Å². The second kappa shape index (κ2) is 4.31. The lowest BCUT2D eigenvalue weighted by Crippen LogP contribution is -2.27. The second-order valence-electron chi connectivity index (χ2n) is 4.05. The van der Waals surface area contributed by atoms with Crippen molar-refractivity contribution in [3.63, 3.8) is 0 Å². The highest BCUT2D eigenvalue weighted by Crippen LogP contribution is 2.29. The Bertz CT molecular complexity index is 410. The molecular weight excluding hydrogens is 214 g/mol. The predicted octanol–water partition coefficient (Wildman–Crippen LogP) is 1.88. The van der Waals surface area contributed by atoms with Crippen LogP contribution in [0.5, 0.6) is 0 Å². The molecule has 1 fully saturated rings. The first-order valence-electron chi connectivity index (χ1n) is 5.29. The normalized spacial score (nSPS) is 18.0. The van der Waals surface area contributed by atoms with Gasteiger partial charge in [-0.15, -0.1) is 10.2 Å². The summed E-state index contributed by atoms with van der Waals surface area (Å²) in [6.07, 6.45) is 5.71. The van der Waals surface area contributed by atoms with Crippen LogP contribution < -0.4 is 5.56 Å². The third-order valence-electron chi connectivity index (χ3n) is 3.03. The minimum Gasteiger partial charge on any atom is -0.283 e. The summed E-state index contributed by atoms with van der Waals surface area (Å²) in [5.41, 5.74) is 0.489. The number of hydrogen-bond acceptors (Lipinski definition) is 3. The van der Waals surface area contributed by atoms with E-state index in [2.05, 4.69) is 10.2 Å². The minimum absolute atomic E-state index is 0.0955. The minimum atomic E-state index is -0.0955. The van der Waals surface area contributed by atoms with Crippen molar-refractivity contribution in [2.45, 2.75) is 38.0 Å². The van der Waals surface area contributed by atoms with E-state index in [0.717, 1.165) is 12.8 Å². The zero-order valence-corrected chi connectivity index (χ0v) is 9.50. The molecule has 1 aliphatic rings. The fraction of sp³-hybridized carbons (Fsp3) is 0.700. The number of aromatic nitrogens is 3. The molecular formula is C10H14ClN3O. The summed E-state index contributed by atoms with van der Waals surface area (Å²) in [6, 6.07) is 0. The fourth-order valence-corrected chi connectivity index (χ4v) is 2.21. The summed E-state index contributed by atoms with van der Waals surface area (Å²) in [7, 11) is 1.63. The van der Waals surface area contributed by atoms with Crippen molar-refractivity contribution < 1.29 is 0 Å². The maximum atomic E-state index is 11.9. The smallest absolute Gasteiger partial charge is 0.276 e. The molecule has 1 aromatic heterocycles. The van der Waals surface area contributed by atoms with Crippen LogP contribution in [0.4, 0.5) is 0 Å². The van der Waals surface area contributed by atoms with Crippen LogP contribution in [0.25, 0.3) is 0 Å². The third kappa shape index (κ3) is 2.04. The molecule has 0 aliphatic heterocycles. The van der Waals surface area contributed by atoms with Crippen molar-refractivity contribution in [2.75, 3.05) is 0 Å². The van der Waals surface area contributed by atoms with E-state index in [9.17, 15) is 4.79 Å². The second-order valence-corrected chi connectivity index (χ2v) is 4.39. The van der Waals surface area contributed by atoms with Gasteiger partial charge in [0.25, 0.3) is 5.56 Å². The van der Waals surface area contributed by atoms with E-state index in [-0.39, 0.29) is 16.8 Å². The van der Waals surface area contributed by atoms with Gasteiger partial charge < -0.3 is 0 Å². The molecule has 15 heavy (non-hydrogen) atoms. The van der Waals surface area contributed by atoms with Gasteiger partial charge in [0.05, 0.1) is 0 Å². The topological polar surface area (TPSA) is 47.8 Å². The molecule has 1 aliphatic carbocycles. The number of hydrogen-bond donors (Lipinski definition) is 0. The molecule has 0 aromatic carbocycles. The van der Waals surface area contributed by atoms with Crippen molar-refractivity contribution in [1.29, 1.82) is 0 Å². The largest absolute Gasteiger partial charge is 0.283 e. The molecule has 0 N–H and O–H groups in total. The average molecular weight is 228 g/mol. The van der Waals surface area contributed by atoms with Crippen LogP contribution in [0.3, 0.4) is 0 Å². The van der Waals surface area contributed by atoms with Crippen molar-refractivity contribution in [1.82, 2.24) is 14.8 Å². The molecule has 0 saturated heterocycles. The monoisotopic (exact) mass is 227 g/mol. The Balaban J connectivity index is 2.35. The van der Waals surface area contributed by atoms with Crippen LogP contribution in [0.2, 0.25) is 5.28 Å². The third-order valence-corrected chi connectivity index (χ3v) is 3.36. The molecule has 0 spiro atoms. The van der Waals surface area contributed by atoms with Crippen molar-refractivity contribution in [3.05, 3.63) is 21.3 Å². The summed E-state index contributed by atoms with van der Waals surface area (Å²) >= 11 is 5.71. The number of halogens is 1. The van der Waals surface area contributed by atoms with Gasteiger partial charge in [-0.25, -0.2) is 0 Å². The van der Waals surface area contributed by atoms with Crippen LogP contribution in [0.15, 0.2) is 4.79 Å². The first-order chi connectivity index (χ1) is 7.20. The van der Waals surface area contributed by atoms with Crippen molar-refractivity contribution in [2.24, 2.45) is 7.05 Å². The standard InChI is InChI=1S/C10H14ClN3O/c1-14-9(15)8(12-13-10(14)11)7-5-3-2-4-6-7/h7H,2-6H2,1H3. The molecule has 1 heterocycles. The Morgan fingerprint density at radius 3 is 2.60 bits per heavy atom. The highest BCUT2D eigenvalue weighted by Gasteiger charge is 2.21. The van der Waals surface area contributed by atoms with Crippen LogP contribution in [0.1, 0.15) is 43.7 Å². The summed E-state index contributed by atoms with van der Waals surface area (Å²) in [6.45, 7) is 0. The van der Waals surface area contributed by atoms with E-state index in [0.29, 0.717) is 5.69 Å². The Morgan fingerprint density at radius 2 is 1.93 bits per heavy atom. The van der Waals surface area contributed by atoms with Crippen LogP contribution in [-0.4, -0.2) is 14.8 Å². The number of rotatable bonds is 1. The van der Waals surface area contributed by atoms with Crippen LogP contribution >= 0.6 is 11.6 Å².